The van der Waals surface area contributed by atoms with E-state index >= 15 is 0 Å². The number of nitriles is 2. The lowest BCUT2D eigenvalue weighted by atomic mass is 9.71. The van der Waals surface area contributed by atoms with Gasteiger partial charge in [0, 0.05) is 80.4 Å². The van der Waals surface area contributed by atoms with Gasteiger partial charge in [-0.2, -0.15) is 10.5 Å². The zero-order chi connectivity index (χ0) is 109. The van der Waals surface area contributed by atoms with Gasteiger partial charge in [-0.05, 0) is 324 Å². The number of amides is 1. The normalized spacial score (nSPS) is 18.2. The molecule has 0 fully saturated rings. The fraction of sp³-hybridized carbons (Fsp3) is 0.508. The van der Waals surface area contributed by atoms with Gasteiger partial charge in [-0.3, -0.25) is 4.79 Å². The maximum absolute atomic E-state index is 12.3. The highest BCUT2D eigenvalue weighted by molar-refractivity contribution is 7.99. The van der Waals surface area contributed by atoms with Crippen LogP contribution in [-0.4, -0.2) is 72.1 Å². The summed E-state index contributed by atoms with van der Waals surface area (Å²) in [6.07, 6.45) is 23.7. The summed E-state index contributed by atoms with van der Waals surface area (Å²) in [5.41, 5.74) is 33.5. The molecule has 0 aliphatic heterocycles. The number of H-pyrrole nitrogens is 2. The van der Waals surface area contributed by atoms with E-state index in [-0.39, 0.29) is 35.3 Å². The summed E-state index contributed by atoms with van der Waals surface area (Å²) in [4.78, 5) is 68.1. The first-order valence-electron chi connectivity index (χ1n) is 53.8. The number of hydrogen-bond acceptors (Lipinski definition) is 21. The van der Waals surface area contributed by atoms with Crippen molar-refractivity contribution in [1.29, 1.82) is 10.5 Å². The minimum atomic E-state index is -0.359. The number of nitrogens with one attached hydrogen (secondary N) is 3. The highest BCUT2D eigenvalue weighted by Crippen LogP contribution is 2.48. The maximum Gasteiger partial charge on any atom is 0.340 e. The standard InChI is InChI=1S/C22H26N2S.C22H27NO2S.C21H27NOS.C17H22N2OS.C15H20N2S.C15H21NO2S.C14H18N2S/c1-22(2,3)19-9-10-20-18(14-19)13-17(11-12-23)21(24-20)25-15-16-7-5-4-6-8-16;1-22(2,3)17-10-11-19-16(12-17)13-18(21(24)25-4)20(23-19)26-14-15-8-6-5-7-9-15;1-21(2,3)18-9-10-19-16(12-18)11-17(13-23)20(22-19)24-14-15-7-5-4-6-8-15;1-10(20)18-15-9-12-7-11-8-13(17(2,3)4)5-6-14(11)19-16(12)21-15;1-15(2,3)11-4-5-12-9(7-11)6-10-8-13(16)18-14(10)17-12;1-15(2,3)10-5-6-12-9(7-10)8-11(13(19)16-12)14(17)18-4;1-14(2,3)11-4-5-12-9(7-11)6-10(8-15)13(17)16-12/h4-8,13,19H,9-11,14-15H2,1-3H3;5-9,13,17H,10-12,14H2,1-4H3;4-8,11,18,23H,9-10,12-14H2,1-3H3;7,9,13H,5-6,8H2,1-4H3,(H,18,20);6,8,11H,4-5,7,16H2,1-3H3;8,10H,5-7H2,1-4H3,(H,16,19);6,11H,4-5,7H2,1-3H3,(H,16,17). The molecule has 150 heavy (non-hydrogen) atoms. The number of nitrogen functional groups attached to an aromatic ring is 1. The monoisotopic (exact) mass is 2150 g/mol. The number of rotatable bonds is 14. The fourth-order valence-corrected chi connectivity index (χ4v) is 26.8. The van der Waals surface area contributed by atoms with E-state index in [4.69, 9.17) is 69.8 Å². The van der Waals surface area contributed by atoms with Gasteiger partial charge < -0.3 is 35.6 Å². The Labute approximate surface area is 925 Å². The summed E-state index contributed by atoms with van der Waals surface area (Å²) in [5, 5.41) is 37.8. The van der Waals surface area contributed by atoms with Crippen LogP contribution in [0.3, 0.4) is 0 Å². The van der Waals surface area contributed by atoms with Gasteiger partial charge in [0.1, 0.15) is 40.1 Å². The molecule has 17 nitrogen and oxygen atoms in total. The van der Waals surface area contributed by atoms with Crippen molar-refractivity contribution < 1.29 is 29.0 Å². The smallest absolute Gasteiger partial charge is 0.340 e. The van der Waals surface area contributed by atoms with Gasteiger partial charge >= 0.3 is 11.9 Å². The van der Waals surface area contributed by atoms with Gasteiger partial charge in [0.25, 0.3) is 0 Å². The Kier molecular flexibility index (Phi) is 40.0. The predicted octanol–water partition coefficient (Wildman–Crippen LogP) is 31.8. The van der Waals surface area contributed by atoms with Crippen LogP contribution in [0.15, 0.2) is 161 Å². The molecule has 7 aliphatic carbocycles. The Morgan fingerprint density at radius 3 is 1.11 bits per heavy atom. The Balaban J connectivity index is 0.000000146. The van der Waals surface area contributed by atoms with E-state index < -0.39 is 0 Å². The third kappa shape index (κ3) is 32.0. The molecule has 12 aromatic rings. The molecule has 24 heteroatoms. The molecule has 1 amide bonds. The number of aryl methyl sites for hydroxylation is 7. The number of fused-ring (bicyclic) bond motifs is 9. The minimum absolute atomic E-state index is 0.0286. The number of carbonyl (C=O) groups is 3. The van der Waals surface area contributed by atoms with E-state index in [2.05, 4.69) is 258 Å². The lowest BCUT2D eigenvalue weighted by Gasteiger charge is -2.35. The van der Waals surface area contributed by atoms with Gasteiger partial charge in [-0.1, -0.05) is 290 Å². The second-order valence-electron chi connectivity index (χ2n) is 49.6. The van der Waals surface area contributed by atoms with Gasteiger partial charge in [0.15, 0.2) is 0 Å². The number of pyridine rings is 7. The molecule has 0 saturated carbocycles. The largest absolute Gasteiger partial charge is 0.465 e. The summed E-state index contributed by atoms with van der Waals surface area (Å²) in [7, 11) is 2.82. The lowest BCUT2D eigenvalue weighted by Crippen LogP contribution is -2.28. The third-order valence-corrected chi connectivity index (χ3v) is 37.5. The molecule has 19 rings (SSSR count). The van der Waals surface area contributed by atoms with Crippen molar-refractivity contribution in [2.24, 2.45) is 79.3 Å². The summed E-state index contributed by atoms with van der Waals surface area (Å²) in [5.74, 6) is 6.71. The summed E-state index contributed by atoms with van der Waals surface area (Å²) in [6, 6.07) is 54.7. The molecule has 3 aromatic carbocycles. The second-order valence-corrected chi connectivity index (χ2v) is 55.4. The molecule has 9 aromatic heterocycles. The minimum Gasteiger partial charge on any atom is -0.465 e. The number of ether oxygens (including phenoxy) is 2. The number of esters is 2. The maximum atomic E-state index is 12.3. The molecule has 798 valence electrons. The SMILES string of the molecule is CC(=O)Nc1cc2cc3c(nc2s1)CCC(C(C)(C)C)C3.CC(C)(C)C1CCc2[nH]c(=S)c(C#N)cc2C1.CC(C)(C)C1CCc2nc(SCc3ccccc3)c(CC#N)cc2C1.CC(C)(C)C1CCc2nc(SCc3ccccc3)c(CO)cc2C1.CC(C)(C)C1CCc2nc3sc(N)cc3cc2C1.COC(=O)c1cc2c([nH]c1=S)CCC(C(C)(C)C)C2.COC(=O)c1cc2c(nc1SCc1ccccc1)CCC(C(C)(C)C)C2. The van der Waals surface area contributed by atoms with Crippen molar-refractivity contribution in [3.05, 3.63) is 278 Å². The Morgan fingerprint density at radius 1 is 0.413 bits per heavy atom. The van der Waals surface area contributed by atoms with Crippen LogP contribution in [-0.2, 0) is 134 Å². The van der Waals surface area contributed by atoms with Crippen LogP contribution in [0.2, 0.25) is 0 Å². The number of hydrogen-bond donors (Lipinski definition) is 5. The molecule has 6 N–H and O–H groups in total. The summed E-state index contributed by atoms with van der Waals surface area (Å²) >= 11 is 18.6. The predicted molar refractivity (Wildman–Crippen MR) is 629 cm³/mol. The first kappa shape index (κ1) is 117. The van der Waals surface area contributed by atoms with Crippen molar-refractivity contribution in [2.75, 3.05) is 25.3 Å². The quantitative estimate of drug-likeness (QED) is 0.0384. The number of aliphatic hydroxyl groups is 1. The number of nitrogens with two attached hydrogens (primary N) is 1. The number of thioether (sulfide) groups is 3. The van der Waals surface area contributed by atoms with Crippen LogP contribution in [0.5, 0.6) is 0 Å². The number of aromatic nitrogens is 7. The molecule has 9 heterocycles. The van der Waals surface area contributed by atoms with Gasteiger partial charge in [0.05, 0.1) is 60.0 Å². The molecule has 7 atom stereocenters. The summed E-state index contributed by atoms with van der Waals surface area (Å²) < 4.78 is 10.9. The van der Waals surface area contributed by atoms with Crippen LogP contribution in [0.1, 0.15) is 330 Å². The first-order valence-corrected chi connectivity index (χ1v) is 59.2. The Morgan fingerprint density at radius 2 is 0.733 bits per heavy atom. The van der Waals surface area contributed by atoms with E-state index in [1.807, 2.05) is 60.7 Å². The molecule has 0 saturated heterocycles. The average molecular weight is 2150 g/mol. The molecule has 7 aliphatic rings. The van der Waals surface area contributed by atoms with Crippen LogP contribution in [0.4, 0.5) is 10.0 Å². The fourth-order valence-electron chi connectivity index (χ4n) is 21.6. The Bertz CT molecular complexity index is 6920. The number of nitrogens with zero attached hydrogens (tertiary/aromatic N) is 7. The highest BCUT2D eigenvalue weighted by atomic mass is 32.2. The highest BCUT2D eigenvalue weighted by Gasteiger charge is 2.38. The number of anilines is 2. The first-order chi connectivity index (χ1) is 70.8. The third-order valence-electron chi connectivity index (χ3n) is 31.7. The van der Waals surface area contributed by atoms with E-state index in [1.54, 1.807) is 58.0 Å². The molecular weight excluding hydrogens is 1990 g/mol. The van der Waals surface area contributed by atoms with Crippen molar-refractivity contribution >= 4 is 131 Å². The molecule has 0 spiro atoms. The van der Waals surface area contributed by atoms with E-state index in [9.17, 15) is 24.8 Å². The van der Waals surface area contributed by atoms with Gasteiger partial charge in [-0.25, -0.2) is 34.5 Å². The van der Waals surface area contributed by atoms with Crippen LogP contribution >= 0.6 is 82.4 Å². The van der Waals surface area contributed by atoms with Crippen molar-refractivity contribution in [3.63, 3.8) is 0 Å². The molecule has 7 unspecified atom stereocenters. The van der Waals surface area contributed by atoms with Gasteiger partial charge in [-0.15, -0.1) is 35.3 Å². The van der Waals surface area contributed by atoms with Gasteiger partial charge in [0.2, 0.25) is 5.91 Å². The van der Waals surface area contributed by atoms with Crippen molar-refractivity contribution in [1.82, 2.24) is 34.9 Å². The van der Waals surface area contributed by atoms with E-state index in [0.29, 0.717) is 89.1 Å². The number of carbonyl (C=O) groups excluding carboxylic acids is 3. The topological polar surface area (TPSA) is 272 Å². The van der Waals surface area contributed by atoms with Crippen LogP contribution < -0.4 is 11.1 Å². The van der Waals surface area contributed by atoms with E-state index in [0.717, 1.165) is 182 Å². The van der Waals surface area contributed by atoms with Crippen molar-refractivity contribution in [2.45, 2.75) is 333 Å². The second kappa shape index (κ2) is 51.1. The lowest BCUT2D eigenvalue weighted by molar-refractivity contribution is -0.114. The summed E-state index contributed by atoms with van der Waals surface area (Å²) in [6.45, 7) is 50.2. The molecular formula is C126H161N11O6S7. The molecule has 0 bridgehead atoms. The number of methoxy groups -OCH3 is 2. The molecule has 0 radical (unpaired) electrons. The van der Waals surface area contributed by atoms with Crippen LogP contribution in [0, 0.1) is 111 Å². The number of aromatic amines is 2. The number of aliphatic hydroxyl groups excluding tert-OH is 1. The van der Waals surface area contributed by atoms with E-state index in [1.165, 1.54) is 155 Å². The zero-order valence-electron chi connectivity index (χ0n) is 93.3. The number of thiophene rings is 2. The average Bonchev–Trinajstić information content (AvgIpc) is 1.54. The zero-order valence-corrected chi connectivity index (χ0v) is 99.1. The number of benzene rings is 3. The Hall–Kier alpha value is -9.73. The van der Waals surface area contributed by atoms with Crippen LogP contribution in [0.25, 0.3) is 20.4 Å². The van der Waals surface area contributed by atoms with Crippen molar-refractivity contribution in [3.8, 4) is 12.1 Å².